The molecule has 34 heavy (non-hydrogen) atoms. The molecule has 0 spiro atoms. The quantitative estimate of drug-likeness (QED) is 0.517. The van der Waals surface area contributed by atoms with Crippen molar-refractivity contribution in [3.05, 3.63) is 77.6 Å². The van der Waals surface area contributed by atoms with E-state index >= 15 is 0 Å². The van der Waals surface area contributed by atoms with Crippen molar-refractivity contribution in [1.29, 1.82) is 0 Å². The van der Waals surface area contributed by atoms with E-state index in [2.05, 4.69) is 5.32 Å². The number of hydrogen-bond acceptors (Lipinski definition) is 3. The van der Waals surface area contributed by atoms with Gasteiger partial charge in [-0.25, -0.2) is 4.39 Å². The van der Waals surface area contributed by atoms with Crippen LogP contribution in [0.4, 0.5) is 10.1 Å². The monoisotopic (exact) mass is 461 g/mol. The standard InChI is InChI=1S/C27H28FN3O3/c1-3-22(26(33)29-2)31(17-18-12-14-20(28)15-13-18)24(32)11-6-16-30-23-10-5-8-19-7-4-9-21(25(19)23)27(30)34/h4-5,7-10,12-15,22H,3,6,11,16-17H2,1-2H3,(H,29,33)/t22-/m0/s1. The van der Waals surface area contributed by atoms with Crippen LogP contribution < -0.4 is 10.2 Å². The first kappa shape index (κ1) is 23.4. The lowest BCUT2D eigenvalue weighted by atomic mass is 10.1. The summed E-state index contributed by atoms with van der Waals surface area (Å²) >= 11 is 0. The third-order valence-electron chi connectivity index (χ3n) is 6.32. The van der Waals surface area contributed by atoms with Gasteiger partial charge in [0.05, 0.1) is 5.69 Å². The summed E-state index contributed by atoms with van der Waals surface area (Å²) < 4.78 is 13.3. The molecule has 0 fully saturated rings. The molecule has 1 atom stereocenters. The highest BCUT2D eigenvalue weighted by Crippen LogP contribution is 2.37. The number of nitrogens with one attached hydrogen (secondary N) is 1. The Hall–Kier alpha value is -3.74. The fraction of sp³-hybridized carbons (Fsp3) is 0.296. The minimum atomic E-state index is -0.631. The Labute approximate surface area is 198 Å². The van der Waals surface area contributed by atoms with Crippen molar-refractivity contribution in [2.24, 2.45) is 0 Å². The van der Waals surface area contributed by atoms with Crippen LogP contribution in [0.2, 0.25) is 0 Å². The molecule has 0 bridgehead atoms. The molecular formula is C27H28FN3O3. The second-order valence-corrected chi connectivity index (χ2v) is 8.43. The van der Waals surface area contributed by atoms with Crippen LogP contribution in [0.5, 0.6) is 0 Å². The Morgan fingerprint density at radius 2 is 1.76 bits per heavy atom. The summed E-state index contributed by atoms with van der Waals surface area (Å²) in [6.07, 6.45) is 1.10. The van der Waals surface area contributed by atoms with Crippen LogP contribution in [0, 0.1) is 5.82 Å². The molecule has 4 rings (SSSR count). The molecule has 3 aromatic rings. The summed E-state index contributed by atoms with van der Waals surface area (Å²) in [6, 6.07) is 16.8. The van der Waals surface area contributed by atoms with Gasteiger partial charge >= 0.3 is 0 Å². The highest BCUT2D eigenvalue weighted by atomic mass is 19.1. The molecule has 0 aliphatic carbocycles. The SMILES string of the molecule is CC[C@@H](C(=O)NC)N(Cc1ccc(F)cc1)C(=O)CCCN1C(=O)c2cccc3cccc1c23. The number of benzene rings is 3. The maximum Gasteiger partial charge on any atom is 0.258 e. The molecule has 1 N–H and O–H groups in total. The van der Waals surface area contributed by atoms with Gasteiger partial charge in [0, 0.05) is 37.5 Å². The molecule has 3 amide bonds. The number of halogens is 1. The summed E-state index contributed by atoms with van der Waals surface area (Å²) in [7, 11) is 1.54. The van der Waals surface area contributed by atoms with E-state index in [4.69, 9.17) is 0 Å². The van der Waals surface area contributed by atoms with Crippen LogP contribution in [0.3, 0.4) is 0 Å². The number of anilines is 1. The first-order chi connectivity index (χ1) is 16.4. The zero-order valence-electron chi connectivity index (χ0n) is 19.4. The summed E-state index contributed by atoms with van der Waals surface area (Å²) in [6.45, 7) is 2.46. The fourth-order valence-corrected chi connectivity index (χ4v) is 4.61. The molecule has 3 aromatic carbocycles. The fourth-order valence-electron chi connectivity index (χ4n) is 4.61. The second kappa shape index (κ2) is 10.0. The van der Waals surface area contributed by atoms with Crippen molar-refractivity contribution >= 4 is 34.2 Å². The molecule has 0 aromatic heterocycles. The molecule has 0 saturated heterocycles. The van der Waals surface area contributed by atoms with Crippen LogP contribution >= 0.6 is 0 Å². The molecule has 1 heterocycles. The van der Waals surface area contributed by atoms with Gasteiger partial charge in [-0.15, -0.1) is 0 Å². The zero-order chi connectivity index (χ0) is 24.2. The van der Waals surface area contributed by atoms with Crippen molar-refractivity contribution in [1.82, 2.24) is 10.2 Å². The number of nitrogens with zero attached hydrogens (tertiary/aromatic N) is 2. The Morgan fingerprint density at radius 3 is 2.44 bits per heavy atom. The van der Waals surface area contributed by atoms with E-state index in [1.165, 1.54) is 12.1 Å². The third-order valence-corrected chi connectivity index (χ3v) is 6.32. The van der Waals surface area contributed by atoms with E-state index in [0.717, 1.165) is 22.0 Å². The van der Waals surface area contributed by atoms with E-state index in [0.29, 0.717) is 24.9 Å². The zero-order valence-corrected chi connectivity index (χ0v) is 19.4. The lowest BCUT2D eigenvalue weighted by Gasteiger charge is -2.30. The maximum absolute atomic E-state index is 13.3. The van der Waals surface area contributed by atoms with Crippen molar-refractivity contribution in [2.75, 3.05) is 18.5 Å². The van der Waals surface area contributed by atoms with Gasteiger partial charge in [-0.2, -0.15) is 0 Å². The van der Waals surface area contributed by atoms with E-state index in [9.17, 15) is 18.8 Å². The van der Waals surface area contributed by atoms with E-state index < -0.39 is 6.04 Å². The summed E-state index contributed by atoms with van der Waals surface area (Å²) in [4.78, 5) is 42.0. The number of likely N-dealkylation sites (N-methyl/N-ethyl adjacent to an activating group) is 1. The molecule has 1 aliphatic heterocycles. The molecular weight excluding hydrogens is 433 g/mol. The Bertz CT molecular complexity index is 1220. The molecule has 6 nitrogen and oxygen atoms in total. The van der Waals surface area contributed by atoms with E-state index in [1.807, 2.05) is 43.3 Å². The number of carbonyl (C=O) groups excluding carboxylic acids is 3. The largest absolute Gasteiger partial charge is 0.357 e. The molecule has 0 radical (unpaired) electrons. The Balaban J connectivity index is 1.47. The topological polar surface area (TPSA) is 69.7 Å². The molecule has 7 heteroatoms. The van der Waals surface area contributed by atoms with E-state index in [-0.39, 0.29) is 36.5 Å². The summed E-state index contributed by atoms with van der Waals surface area (Å²) in [5.41, 5.74) is 2.29. The lowest BCUT2D eigenvalue weighted by Crippen LogP contribution is -2.48. The highest BCUT2D eigenvalue weighted by Gasteiger charge is 2.31. The van der Waals surface area contributed by atoms with Gasteiger partial charge in [-0.1, -0.05) is 43.3 Å². The van der Waals surface area contributed by atoms with Crippen molar-refractivity contribution < 1.29 is 18.8 Å². The average Bonchev–Trinajstić information content (AvgIpc) is 3.13. The molecule has 176 valence electrons. The predicted molar refractivity (Wildman–Crippen MR) is 130 cm³/mol. The van der Waals surface area contributed by atoms with Gasteiger partial charge in [0.2, 0.25) is 11.8 Å². The summed E-state index contributed by atoms with van der Waals surface area (Å²) in [5.74, 6) is -0.831. The van der Waals surface area contributed by atoms with Crippen LogP contribution in [-0.2, 0) is 16.1 Å². The maximum atomic E-state index is 13.3. The third kappa shape index (κ3) is 4.51. The van der Waals surface area contributed by atoms with Gasteiger partial charge < -0.3 is 15.1 Å². The number of rotatable bonds is 9. The highest BCUT2D eigenvalue weighted by molar-refractivity contribution is 6.25. The first-order valence-electron chi connectivity index (χ1n) is 11.5. The number of carbonyl (C=O) groups is 3. The van der Waals surface area contributed by atoms with Gasteiger partial charge in [0.25, 0.3) is 5.91 Å². The number of amides is 3. The van der Waals surface area contributed by atoms with Crippen molar-refractivity contribution in [3.8, 4) is 0 Å². The minimum Gasteiger partial charge on any atom is -0.357 e. The van der Waals surface area contributed by atoms with Crippen molar-refractivity contribution in [3.63, 3.8) is 0 Å². The Morgan fingerprint density at radius 1 is 1.06 bits per heavy atom. The molecule has 0 unspecified atom stereocenters. The van der Waals surface area contributed by atoms with Gasteiger partial charge in [0.15, 0.2) is 0 Å². The molecule has 1 aliphatic rings. The number of hydrogen-bond donors (Lipinski definition) is 1. The Kier molecular flexibility index (Phi) is 6.91. The van der Waals surface area contributed by atoms with Crippen LogP contribution in [0.1, 0.15) is 42.1 Å². The predicted octanol–water partition coefficient (Wildman–Crippen LogP) is 4.27. The first-order valence-corrected chi connectivity index (χ1v) is 11.5. The summed E-state index contributed by atoms with van der Waals surface area (Å²) in [5, 5.41) is 4.59. The molecule has 0 saturated carbocycles. The van der Waals surface area contributed by atoms with Crippen molar-refractivity contribution in [2.45, 2.75) is 38.8 Å². The van der Waals surface area contributed by atoms with Crippen LogP contribution in [0.25, 0.3) is 10.8 Å². The van der Waals surface area contributed by atoms with Crippen LogP contribution in [-0.4, -0.2) is 42.3 Å². The minimum absolute atomic E-state index is 0.0563. The normalized spacial score (nSPS) is 13.3. The van der Waals surface area contributed by atoms with Gasteiger partial charge in [0.1, 0.15) is 11.9 Å². The van der Waals surface area contributed by atoms with E-state index in [1.54, 1.807) is 29.0 Å². The second-order valence-electron chi connectivity index (χ2n) is 8.43. The lowest BCUT2D eigenvalue weighted by molar-refractivity contribution is -0.141. The van der Waals surface area contributed by atoms with Gasteiger partial charge in [-0.3, -0.25) is 14.4 Å². The van der Waals surface area contributed by atoms with Crippen LogP contribution in [0.15, 0.2) is 60.7 Å². The van der Waals surface area contributed by atoms with Gasteiger partial charge in [-0.05, 0) is 48.1 Å². The average molecular weight is 462 g/mol. The smallest absolute Gasteiger partial charge is 0.258 e.